The first-order valence-electron chi connectivity index (χ1n) is 4.13. The van der Waals surface area contributed by atoms with E-state index in [4.69, 9.17) is 5.14 Å². The molecule has 5 nitrogen and oxygen atoms in total. The predicted molar refractivity (Wildman–Crippen MR) is 60.1 cm³/mol. The quantitative estimate of drug-likeness (QED) is 0.876. The second kappa shape index (κ2) is 5.07. The molecule has 3 N–H and O–H groups in total. The molecule has 9 heteroatoms. The molecule has 0 aliphatic heterocycles. The average Bonchev–Trinajstić information content (AvgIpc) is 2.19. The van der Waals surface area contributed by atoms with Crippen molar-refractivity contribution in [2.24, 2.45) is 5.14 Å². The number of alkyl halides is 2. The summed E-state index contributed by atoms with van der Waals surface area (Å²) >= 11 is 2.94. The fourth-order valence-electron chi connectivity index (χ4n) is 0.961. The van der Waals surface area contributed by atoms with Crippen LogP contribution in [0.25, 0.3) is 0 Å². The molecule has 0 spiro atoms. The van der Waals surface area contributed by atoms with E-state index in [1.165, 1.54) is 0 Å². The Morgan fingerprint density at radius 1 is 1.41 bits per heavy atom. The third-order valence-corrected chi connectivity index (χ3v) is 3.29. The van der Waals surface area contributed by atoms with Crippen molar-refractivity contribution in [3.63, 3.8) is 0 Å². The summed E-state index contributed by atoms with van der Waals surface area (Å²) in [5, 5.41) is 6.79. The van der Waals surface area contributed by atoms with Crippen LogP contribution >= 0.6 is 15.9 Å². The number of rotatable bonds is 3. The Morgan fingerprint density at radius 2 is 2.00 bits per heavy atom. The molecular formula is C8H7BrF2N2O3S. The number of sulfonamides is 1. The smallest absolute Gasteiger partial charge is 0.315 e. The van der Waals surface area contributed by atoms with Crippen LogP contribution in [0.3, 0.4) is 0 Å². The zero-order chi connectivity index (χ0) is 13.2. The maximum absolute atomic E-state index is 12.0. The molecule has 1 amide bonds. The molecule has 0 fully saturated rings. The summed E-state index contributed by atoms with van der Waals surface area (Å²) in [5.41, 5.74) is 0.0303. The van der Waals surface area contributed by atoms with Crippen molar-refractivity contribution in [1.29, 1.82) is 0 Å². The second-order valence-electron chi connectivity index (χ2n) is 2.98. The van der Waals surface area contributed by atoms with Crippen LogP contribution in [0.1, 0.15) is 0 Å². The highest BCUT2D eigenvalue weighted by Crippen LogP contribution is 2.25. The van der Waals surface area contributed by atoms with E-state index in [2.05, 4.69) is 15.9 Å². The SMILES string of the molecule is NS(=O)(=O)c1ccc(NC(=O)C(F)F)c(Br)c1. The van der Waals surface area contributed by atoms with Gasteiger partial charge in [-0.2, -0.15) is 8.78 Å². The Hall–Kier alpha value is -1.06. The van der Waals surface area contributed by atoms with Gasteiger partial charge in [0.25, 0.3) is 5.91 Å². The molecule has 0 radical (unpaired) electrons. The predicted octanol–water partition coefficient (Wildman–Crippen LogP) is 1.30. The molecule has 0 aliphatic rings. The Bertz CT molecular complexity index is 548. The lowest BCUT2D eigenvalue weighted by molar-refractivity contribution is -0.126. The standard InChI is InChI=1S/C8H7BrF2N2O3S/c9-5-3-4(17(12,15)16)1-2-6(5)13-8(14)7(10)11/h1-3,7H,(H,13,14)(H2,12,15,16). The van der Waals surface area contributed by atoms with Crippen LogP contribution in [0.2, 0.25) is 0 Å². The van der Waals surface area contributed by atoms with Crippen LogP contribution < -0.4 is 10.5 Å². The molecule has 0 heterocycles. The number of carbonyl (C=O) groups excluding carboxylic acids is 1. The number of primary sulfonamides is 1. The fourth-order valence-corrected chi connectivity index (χ4v) is 2.13. The van der Waals surface area contributed by atoms with Crippen LogP contribution in [0.4, 0.5) is 14.5 Å². The van der Waals surface area contributed by atoms with Gasteiger partial charge < -0.3 is 5.32 Å². The van der Waals surface area contributed by atoms with Crippen molar-refractivity contribution in [3.8, 4) is 0 Å². The van der Waals surface area contributed by atoms with E-state index in [0.717, 1.165) is 18.2 Å². The lowest BCUT2D eigenvalue weighted by atomic mass is 10.3. The maximum atomic E-state index is 12.0. The van der Waals surface area contributed by atoms with Gasteiger partial charge in [0.15, 0.2) is 0 Å². The molecule has 0 aromatic heterocycles. The molecule has 94 valence electrons. The van der Waals surface area contributed by atoms with E-state index in [1.807, 2.05) is 5.32 Å². The summed E-state index contributed by atoms with van der Waals surface area (Å²) in [5.74, 6) is -1.48. The molecule has 0 saturated carbocycles. The van der Waals surface area contributed by atoms with Crippen LogP contribution in [-0.2, 0) is 14.8 Å². The Morgan fingerprint density at radius 3 is 2.41 bits per heavy atom. The van der Waals surface area contributed by atoms with Gasteiger partial charge in [0.2, 0.25) is 10.0 Å². The van der Waals surface area contributed by atoms with Gasteiger partial charge in [0.1, 0.15) is 0 Å². The van der Waals surface area contributed by atoms with Gasteiger partial charge in [-0.15, -0.1) is 0 Å². The molecular weight excluding hydrogens is 322 g/mol. The molecule has 1 aromatic carbocycles. The number of carbonyl (C=O) groups is 1. The highest BCUT2D eigenvalue weighted by molar-refractivity contribution is 9.10. The van der Waals surface area contributed by atoms with Crippen molar-refractivity contribution in [2.45, 2.75) is 11.3 Å². The summed E-state index contributed by atoms with van der Waals surface area (Å²) in [7, 11) is -3.88. The molecule has 17 heavy (non-hydrogen) atoms. The molecule has 1 rings (SSSR count). The first kappa shape index (κ1) is 14.0. The minimum atomic E-state index is -3.88. The molecule has 0 saturated heterocycles. The van der Waals surface area contributed by atoms with Crippen LogP contribution in [0.5, 0.6) is 0 Å². The van der Waals surface area contributed by atoms with Crippen molar-refractivity contribution in [1.82, 2.24) is 0 Å². The minimum Gasteiger partial charge on any atom is -0.320 e. The van der Waals surface area contributed by atoms with Gasteiger partial charge in [-0.25, -0.2) is 13.6 Å². The number of benzene rings is 1. The Labute approximate surface area is 104 Å². The number of nitrogens with one attached hydrogen (secondary N) is 1. The van der Waals surface area contributed by atoms with Crippen molar-refractivity contribution >= 4 is 37.5 Å². The largest absolute Gasteiger partial charge is 0.320 e. The Kier molecular flexibility index (Phi) is 4.17. The lowest BCUT2D eigenvalue weighted by Crippen LogP contribution is -2.20. The number of anilines is 1. The van der Waals surface area contributed by atoms with Gasteiger partial charge in [0.05, 0.1) is 10.6 Å². The molecule has 1 aromatic rings. The normalized spacial score (nSPS) is 11.6. The van der Waals surface area contributed by atoms with E-state index < -0.39 is 22.4 Å². The summed E-state index contributed by atoms with van der Waals surface area (Å²) < 4.78 is 46.0. The van der Waals surface area contributed by atoms with E-state index in [9.17, 15) is 22.0 Å². The Balaban J connectivity index is 3.03. The van der Waals surface area contributed by atoms with Gasteiger partial charge in [-0.1, -0.05) is 0 Å². The summed E-state index contributed by atoms with van der Waals surface area (Å²) in [4.78, 5) is 10.5. The number of nitrogens with two attached hydrogens (primary N) is 1. The second-order valence-corrected chi connectivity index (χ2v) is 5.39. The van der Waals surface area contributed by atoms with Gasteiger partial charge in [-0.05, 0) is 34.1 Å². The third-order valence-electron chi connectivity index (χ3n) is 1.73. The maximum Gasteiger partial charge on any atom is 0.315 e. The lowest BCUT2D eigenvalue weighted by Gasteiger charge is -2.07. The first-order valence-corrected chi connectivity index (χ1v) is 6.47. The van der Waals surface area contributed by atoms with E-state index in [-0.39, 0.29) is 15.1 Å². The van der Waals surface area contributed by atoms with Crippen molar-refractivity contribution < 1.29 is 22.0 Å². The summed E-state index contributed by atoms with van der Waals surface area (Å²) in [6, 6.07) is 3.36. The fraction of sp³-hybridized carbons (Fsp3) is 0.125. The highest BCUT2D eigenvalue weighted by atomic mass is 79.9. The monoisotopic (exact) mass is 328 g/mol. The van der Waals surface area contributed by atoms with Crippen LogP contribution in [-0.4, -0.2) is 20.8 Å². The number of halogens is 3. The van der Waals surface area contributed by atoms with Gasteiger partial charge >= 0.3 is 6.43 Å². The third kappa shape index (κ3) is 3.72. The van der Waals surface area contributed by atoms with Crippen molar-refractivity contribution in [2.75, 3.05) is 5.32 Å². The van der Waals surface area contributed by atoms with Crippen LogP contribution in [0.15, 0.2) is 27.6 Å². The summed E-state index contributed by atoms with van der Waals surface area (Å²) in [6.45, 7) is 0. The first-order chi connectivity index (χ1) is 7.71. The van der Waals surface area contributed by atoms with Crippen LogP contribution in [0, 0.1) is 0 Å². The van der Waals surface area contributed by atoms with E-state index >= 15 is 0 Å². The molecule has 0 unspecified atom stereocenters. The number of hydrogen-bond donors (Lipinski definition) is 2. The van der Waals surface area contributed by atoms with E-state index in [1.54, 1.807) is 0 Å². The summed E-state index contributed by atoms with van der Waals surface area (Å²) in [6.07, 6.45) is -3.15. The molecule has 0 bridgehead atoms. The van der Waals surface area contributed by atoms with Gasteiger partial charge in [0, 0.05) is 4.47 Å². The number of amides is 1. The zero-order valence-corrected chi connectivity index (χ0v) is 10.6. The average molecular weight is 329 g/mol. The topological polar surface area (TPSA) is 89.3 Å². The molecule has 0 aliphatic carbocycles. The van der Waals surface area contributed by atoms with Gasteiger partial charge in [-0.3, -0.25) is 4.79 Å². The minimum absolute atomic E-state index is 0.0303. The highest BCUT2D eigenvalue weighted by Gasteiger charge is 2.17. The van der Waals surface area contributed by atoms with Crippen molar-refractivity contribution in [3.05, 3.63) is 22.7 Å². The number of hydrogen-bond acceptors (Lipinski definition) is 3. The zero-order valence-electron chi connectivity index (χ0n) is 8.15. The van der Waals surface area contributed by atoms with E-state index in [0.29, 0.717) is 0 Å². The molecule has 0 atom stereocenters.